The van der Waals surface area contributed by atoms with Crippen LogP contribution in [0.1, 0.15) is 47.0 Å². The first-order valence-electron chi connectivity index (χ1n) is 12.3. The highest BCUT2D eigenvalue weighted by Crippen LogP contribution is 2.40. The largest absolute Gasteiger partial charge is 0.235 e. The first kappa shape index (κ1) is 28.3. The van der Waals surface area contributed by atoms with E-state index in [1.165, 1.54) is 5.41 Å². The molecule has 5 rings (SSSR count). The van der Waals surface area contributed by atoms with Crippen molar-refractivity contribution in [3.05, 3.63) is 121 Å². The highest BCUT2D eigenvalue weighted by molar-refractivity contribution is 7.98. The zero-order valence-electron chi connectivity index (χ0n) is 21.0. The van der Waals surface area contributed by atoms with Crippen molar-refractivity contribution in [1.29, 1.82) is 0 Å². The zero-order chi connectivity index (χ0) is 27.6. The van der Waals surface area contributed by atoms with Gasteiger partial charge in [0, 0.05) is 44.5 Å². The van der Waals surface area contributed by atoms with E-state index in [4.69, 9.17) is 39.9 Å². The van der Waals surface area contributed by atoms with Crippen LogP contribution in [-0.2, 0) is 22.2 Å². The van der Waals surface area contributed by atoms with Crippen molar-refractivity contribution in [3.63, 3.8) is 0 Å². The number of thioether (sulfide) groups is 1. The van der Waals surface area contributed by atoms with E-state index in [1.54, 1.807) is 30.0 Å². The molecule has 3 aromatic carbocycles. The third-order valence-corrected chi connectivity index (χ3v) is 9.64. The summed E-state index contributed by atoms with van der Waals surface area (Å²) in [5.41, 5.74) is 5.30. The number of nitrogens with zero attached hydrogens (tertiary/aromatic N) is 2. The van der Waals surface area contributed by atoms with E-state index in [0.717, 1.165) is 34.6 Å². The van der Waals surface area contributed by atoms with Crippen LogP contribution in [0.4, 0.5) is 0 Å². The zero-order valence-corrected chi connectivity index (χ0v) is 24.9. The van der Waals surface area contributed by atoms with Crippen molar-refractivity contribution in [3.8, 4) is 5.69 Å². The van der Waals surface area contributed by atoms with Crippen LogP contribution in [0.3, 0.4) is 0 Å². The highest BCUT2D eigenvalue weighted by atomic mass is 35.5. The van der Waals surface area contributed by atoms with E-state index in [-0.39, 0.29) is 12.0 Å². The van der Waals surface area contributed by atoms with E-state index in [2.05, 4.69) is 10.8 Å². The number of rotatable bonds is 8. The minimum Gasteiger partial charge on any atom is -0.235 e. The third-order valence-electron chi connectivity index (χ3n) is 6.56. The van der Waals surface area contributed by atoms with Crippen LogP contribution in [0, 0.1) is 0 Å². The number of sulfonamides is 1. The molecule has 0 fully saturated rings. The van der Waals surface area contributed by atoms with Gasteiger partial charge in [-0.15, -0.1) is 0 Å². The summed E-state index contributed by atoms with van der Waals surface area (Å²) < 4.78 is 30.5. The summed E-state index contributed by atoms with van der Waals surface area (Å²) >= 11 is 20.9. The molecule has 0 amide bonds. The van der Waals surface area contributed by atoms with E-state index >= 15 is 0 Å². The first-order chi connectivity index (χ1) is 18.7. The lowest BCUT2D eigenvalue weighted by atomic mass is 9.94. The van der Waals surface area contributed by atoms with Gasteiger partial charge in [-0.3, -0.25) is 0 Å². The van der Waals surface area contributed by atoms with Crippen molar-refractivity contribution in [1.82, 2.24) is 14.5 Å². The Kier molecular flexibility index (Phi) is 8.76. The van der Waals surface area contributed by atoms with Gasteiger partial charge in [-0.05, 0) is 60.9 Å². The van der Waals surface area contributed by atoms with Crippen LogP contribution in [0.15, 0.2) is 78.2 Å². The number of aromatic nitrogens is 2. The minimum absolute atomic E-state index is 0.117. The minimum atomic E-state index is -3.73. The predicted octanol–water partition coefficient (Wildman–Crippen LogP) is 8.06. The molecule has 2 atom stereocenters. The van der Waals surface area contributed by atoms with Crippen LogP contribution in [0.2, 0.25) is 15.1 Å². The van der Waals surface area contributed by atoms with Crippen LogP contribution >= 0.6 is 46.6 Å². The number of halogens is 3. The SMILES string of the molecule is C[C@H](NS(=O)(=O)C=Cc1nn(-c2ccc(Cl)cc2Cl)c2c1CSCC2Cc1cccc(Cl)c1)c1ccccc1. The molecule has 1 aliphatic heterocycles. The Morgan fingerprint density at radius 2 is 1.82 bits per heavy atom. The standard InChI is InChI=1S/C29H26Cl3N3O2S2/c1-19(21-7-3-2-4-8-21)34-39(36,37)13-12-27-25-18-38-17-22(14-20-6-5-9-23(30)15-20)29(25)35(33-27)28-11-10-24(31)16-26(28)32/h2-13,15-16,19,22,34H,14,17-18H2,1H3/t19-,22?/m0/s1. The monoisotopic (exact) mass is 617 g/mol. The molecule has 10 heteroatoms. The molecule has 0 spiro atoms. The second-order valence-corrected chi connectivity index (χ2v) is 13.3. The Bertz CT molecular complexity index is 1620. The van der Waals surface area contributed by atoms with Gasteiger partial charge in [0.25, 0.3) is 0 Å². The molecule has 1 N–H and O–H groups in total. The van der Waals surface area contributed by atoms with E-state index in [9.17, 15) is 8.42 Å². The molecule has 0 saturated heterocycles. The maximum Gasteiger partial charge on any atom is 0.234 e. The number of fused-ring (bicyclic) bond motifs is 1. The second-order valence-electron chi connectivity index (χ2n) is 9.40. The molecular formula is C29H26Cl3N3O2S2. The molecule has 1 unspecified atom stereocenters. The summed E-state index contributed by atoms with van der Waals surface area (Å²) in [7, 11) is -3.73. The van der Waals surface area contributed by atoms with E-state index in [0.29, 0.717) is 32.2 Å². The molecule has 4 aromatic rings. The summed E-state index contributed by atoms with van der Waals surface area (Å²) in [6.07, 6.45) is 2.33. The van der Waals surface area contributed by atoms with Crippen molar-refractivity contribution in [2.75, 3.05) is 5.75 Å². The van der Waals surface area contributed by atoms with Gasteiger partial charge < -0.3 is 0 Å². The van der Waals surface area contributed by atoms with Gasteiger partial charge in [0.15, 0.2) is 0 Å². The van der Waals surface area contributed by atoms with Crippen LogP contribution < -0.4 is 4.72 Å². The summed E-state index contributed by atoms with van der Waals surface area (Å²) in [6.45, 7) is 1.82. The average molecular weight is 619 g/mol. The van der Waals surface area contributed by atoms with Gasteiger partial charge in [0.05, 0.1) is 22.1 Å². The lowest BCUT2D eigenvalue weighted by Crippen LogP contribution is -2.24. The molecule has 202 valence electrons. The number of nitrogens with one attached hydrogen (secondary N) is 1. The smallest absolute Gasteiger partial charge is 0.234 e. The lowest BCUT2D eigenvalue weighted by molar-refractivity contribution is 0.576. The molecule has 1 aliphatic rings. The van der Waals surface area contributed by atoms with Crippen LogP contribution in [0.25, 0.3) is 11.8 Å². The van der Waals surface area contributed by atoms with Crippen molar-refractivity contribution < 1.29 is 8.42 Å². The third kappa shape index (κ3) is 6.73. The summed E-state index contributed by atoms with van der Waals surface area (Å²) in [5.74, 6) is 1.71. The van der Waals surface area contributed by atoms with Crippen molar-refractivity contribution >= 4 is 62.7 Å². The molecule has 0 aliphatic carbocycles. The fourth-order valence-electron chi connectivity index (χ4n) is 4.75. The molecule has 0 bridgehead atoms. The number of hydrogen-bond acceptors (Lipinski definition) is 4. The molecule has 39 heavy (non-hydrogen) atoms. The van der Waals surface area contributed by atoms with Gasteiger partial charge >= 0.3 is 0 Å². The van der Waals surface area contributed by atoms with Crippen molar-refractivity contribution in [2.24, 2.45) is 0 Å². The number of benzene rings is 3. The molecule has 0 saturated carbocycles. The molecule has 5 nitrogen and oxygen atoms in total. The van der Waals surface area contributed by atoms with Crippen molar-refractivity contribution in [2.45, 2.75) is 31.1 Å². The van der Waals surface area contributed by atoms with Gasteiger partial charge in [0.1, 0.15) is 0 Å². The predicted molar refractivity (Wildman–Crippen MR) is 164 cm³/mol. The maximum absolute atomic E-state index is 13.0. The second kappa shape index (κ2) is 12.1. The van der Waals surface area contributed by atoms with Crippen LogP contribution in [-0.4, -0.2) is 24.0 Å². The molecule has 0 radical (unpaired) electrons. The molecule has 1 aromatic heterocycles. The van der Waals surface area contributed by atoms with Gasteiger partial charge in [-0.2, -0.15) is 16.9 Å². The first-order valence-corrected chi connectivity index (χ1v) is 16.2. The van der Waals surface area contributed by atoms with Gasteiger partial charge in [0.2, 0.25) is 10.0 Å². The lowest BCUT2D eigenvalue weighted by Gasteiger charge is -2.25. The normalized spacial score (nSPS) is 16.4. The topological polar surface area (TPSA) is 64.0 Å². The average Bonchev–Trinajstić information content (AvgIpc) is 3.27. The summed E-state index contributed by atoms with van der Waals surface area (Å²) in [5, 5.41) is 7.75. The Labute approximate surface area is 248 Å². The van der Waals surface area contributed by atoms with E-state index in [1.807, 2.05) is 66.2 Å². The fraction of sp³-hybridized carbons (Fsp3) is 0.207. The quantitative estimate of drug-likeness (QED) is 0.217. The van der Waals surface area contributed by atoms with E-state index < -0.39 is 10.0 Å². The Hall–Kier alpha value is -2.26. The molecular weight excluding hydrogens is 593 g/mol. The van der Waals surface area contributed by atoms with Gasteiger partial charge in [-0.1, -0.05) is 77.3 Å². The maximum atomic E-state index is 13.0. The Morgan fingerprint density at radius 3 is 2.56 bits per heavy atom. The Morgan fingerprint density at radius 1 is 1.05 bits per heavy atom. The molecule has 2 heterocycles. The highest BCUT2D eigenvalue weighted by Gasteiger charge is 2.30. The van der Waals surface area contributed by atoms with Crippen LogP contribution in [0.5, 0.6) is 0 Å². The number of hydrogen-bond donors (Lipinski definition) is 1. The fourth-order valence-corrected chi connectivity index (χ4v) is 7.65. The summed E-state index contributed by atoms with van der Waals surface area (Å²) in [6, 6.07) is 22.2. The Balaban J connectivity index is 1.52. The van der Waals surface area contributed by atoms with Gasteiger partial charge in [-0.25, -0.2) is 17.8 Å². The summed E-state index contributed by atoms with van der Waals surface area (Å²) in [4.78, 5) is 0.